The van der Waals surface area contributed by atoms with E-state index in [0.29, 0.717) is 19.0 Å². The molecule has 0 spiro atoms. The standard InChI is InChI=1S/C20H40N4O3/c1-14(2)9-11-24(20(27)23-17(7)8,13-19(26)22-16(5)6)12-10-18(25)21-15(3)4/h14-17H,9-13H2,1-8H3,(H2-,21,22,23,25,26,27)/p+1. The molecule has 0 aromatic carbocycles. The molecule has 0 saturated heterocycles. The third kappa shape index (κ3) is 11.0. The van der Waals surface area contributed by atoms with Crippen molar-refractivity contribution in [2.45, 2.75) is 86.4 Å². The number of nitrogens with one attached hydrogen (secondary N) is 3. The highest BCUT2D eigenvalue weighted by atomic mass is 16.2. The van der Waals surface area contributed by atoms with Crippen LogP contribution in [-0.2, 0) is 9.59 Å². The lowest BCUT2D eigenvalue weighted by atomic mass is 10.1. The third-order valence-corrected chi connectivity index (χ3v) is 4.09. The fraction of sp³-hybridized carbons (Fsp3) is 0.850. The fourth-order valence-electron chi connectivity index (χ4n) is 2.79. The van der Waals surface area contributed by atoms with Crippen LogP contribution in [0.3, 0.4) is 0 Å². The van der Waals surface area contributed by atoms with Crippen molar-refractivity contribution in [3.63, 3.8) is 0 Å². The summed E-state index contributed by atoms with van der Waals surface area (Å²) in [5.41, 5.74) is 0. The molecule has 0 fully saturated rings. The third-order valence-electron chi connectivity index (χ3n) is 4.09. The van der Waals surface area contributed by atoms with E-state index in [4.69, 9.17) is 0 Å². The Balaban J connectivity index is 5.56. The predicted molar refractivity (Wildman–Crippen MR) is 109 cm³/mol. The molecular formula is C20H41N4O3+. The second-order valence-electron chi connectivity index (χ2n) is 8.73. The van der Waals surface area contributed by atoms with E-state index in [1.165, 1.54) is 0 Å². The zero-order chi connectivity index (χ0) is 21.2. The number of carbonyl (C=O) groups is 3. The van der Waals surface area contributed by atoms with Gasteiger partial charge in [-0.15, -0.1) is 0 Å². The van der Waals surface area contributed by atoms with E-state index in [1.54, 1.807) is 0 Å². The van der Waals surface area contributed by atoms with Crippen LogP contribution in [0.15, 0.2) is 0 Å². The predicted octanol–water partition coefficient (Wildman–Crippen LogP) is 2.41. The smallest absolute Gasteiger partial charge is 0.354 e. The van der Waals surface area contributed by atoms with Crippen LogP contribution in [0.2, 0.25) is 0 Å². The number of urea groups is 1. The fourth-order valence-corrected chi connectivity index (χ4v) is 2.79. The SMILES string of the molecule is CC(C)CC[N+](CCC(=O)NC(C)C)(CC(=O)NC(C)C)C(=O)NC(C)C. The van der Waals surface area contributed by atoms with Gasteiger partial charge in [0.1, 0.15) is 0 Å². The Morgan fingerprint density at radius 1 is 0.704 bits per heavy atom. The lowest BCUT2D eigenvalue weighted by Gasteiger charge is -2.36. The van der Waals surface area contributed by atoms with Gasteiger partial charge in [-0.05, 0) is 53.9 Å². The summed E-state index contributed by atoms with van der Waals surface area (Å²) in [7, 11) is 0. The van der Waals surface area contributed by atoms with E-state index < -0.39 is 0 Å². The minimum atomic E-state index is -0.193. The molecule has 0 radical (unpaired) electrons. The van der Waals surface area contributed by atoms with Crippen molar-refractivity contribution in [2.75, 3.05) is 19.6 Å². The lowest BCUT2D eigenvalue weighted by Crippen LogP contribution is -2.63. The molecule has 27 heavy (non-hydrogen) atoms. The second-order valence-corrected chi connectivity index (χ2v) is 8.73. The minimum absolute atomic E-state index is 0.00176. The van der Waals surface area contributed by atoms with Gasteiger partial charge < -0.3 is 16.0 Å². The largest absolute Gasteiger partial charge is 0.417 e. The summed E-state index contributed by atoms with van der Waals surface area (Å²) in [6, 6.07) is -0.181. The Hall–Kier alpha value is -1.63. The van der Waals surface area contributed by atoms with Gasteiger partial charge in [-0.2, -0.15) is 0 Å². The number of amides is 4. The van der Waals surface area contributed by atoms with Crippen molar-refractivity contribution in [3.05, 3.63) is 0 Å². The summed E-state index contributed by atoms with van der Waals surface area (Å²) < 4.78 is -0.0551. The van der Waals surface area contributed by atoms with Crippen molar-refractivity contribution in [1.82, 2.24) is 16.0 Å². The first-order valence-electron chi connectivity index (χ1n) is 10.1. The molecule has 0 aliphatic carbocycles. The maximum absolute atomic E-state index is 13.1. The monoisotopic (exact) mass is 385 g/mol. The van der Waals surface area contributed by atoms with E-state index in [-0.39, 0.29) is 53.4 Å². The molecule has 0 aromatic heterocycles. The summed E-state index contributed by atoms with van der Waals surface area (Å²) >= 11 is 0. The average molecular weight is 386 g/mol. The molecule has 3 N–H and O–H groups in total. The molecule has 0 aromatic rings. The molecule has 0 rings (SSSR count). The molecular weight excluding hydrogens is 344 g/mol. The minimum Gasteiger partial charge on any atom is -0.354 e. The van der Waals surface area contributed by atoms with Crippen molar-refractivity contribution in [1.29, 1.82) is 0 Å². The summed E-state index contributed by atoms with van der Waals surface area (Å²) in [5, 5.41) is 8.70. The van der Waals surface area contributed by atoms with Crippen molar-refractivity contribution < 1.29 is 18.9 Å². The van der Waals surface area contributed by atoms with Gasteiger partial charge in [0.25, 0.3) is 5.91 Å². The van der Waals surface area contributed by atoms with Crippen molar-refractivity contribution in [2.24, 2.45) is 5.92 Å². The maximum Gasteiger partial charge on any atom is 0.417 e. The zero-order valence-corrected chi connectivity index (χ0v) is 18.5. The van der Waals surface area contributed by atoms with E-state index in [2.05, 4.69) is 29.8 Å². The van der Waals surface area contributed by atoms with Gasteiger partial charge >= 0.3 is 6.03 Å². The lowest BCUT2D eigenvalue weighted by molar-refractivity contribution is -0.843. The Morgan fingerprint density at radius 3 is 1.63 bits per heavy atom. The van der Waals surface area contributed by atoms with Crippen LogP contribution in [0.25, 0.3) is 0 Å². The number of hydrogen-bond donors (Lipinski definition) is 3. The molecule has 0 heterocycles. The highest BCUT2D eigenvalue weighted by Gasteiger charge is 2.39. The number of nitrogens with zero attached hydrogens (tertiary/aromatic N) is 1. The van der Waals surface area contributed by atoms with Crippen LogP contribution >= 0.6 is 0 Å². The number of rotatable bonds is 11. The molecule has 0 aliphatic heterocycles. The van der Waals surface area contributed by atoms with Gasteiger partial charge in [-0.1, -0.05) is 13.8 Å². The Bertz CT molecular complexity index is 490. The van der Waals surface area contributed by atoms with Gasteiger partial charge in [0.2, 0.25) is 5.91 Å². The molecule has 1 unspecified atom stereocenters. The topological polar surface area (TPSA) is 87.3 Å². The molecule has 0 aliphatic rings. The zero-order valence-electron chi connectivity index (χ0n) is 18.5. The van der Waals surface area contributed by atoms with Crippen LogP contribution in [0, 0.1) is 5.92 Å². The molecule has 4 amide bonds. The van der Waals surface area contributed by atoms with E-state index in [0.717, 1.165) is 6.42 Å². The van der Waals surface area contributed by atoms with Crippen molar-refractivity contribution >= 4 is 17.8 Å². The molecule has 158 valence electrons. The van der Waals surface area contributed by atoms with Gasteiger partial charge in [0.15, 0.2) is 6.54 Å². The molecule has 7 heteroatoms. The maximum atomic E-state index is 13.1. The van der Waals surface area contributed by atoms with Gasteiger partial charge in [-0.25, -0.2) is 9.28 Å². The number of hydrogen-bond acceptors (Lipinski definition) is 3. The first kappa shape index (κ1) is 25.4. The van der Waals surface area contributed by atoms with Crippen LogP contribution in [-0.4, -0.2) is 60.1 Å². The van der Waals surface area contributed by atoms with E-state index >= 15 is 0 Å². The van der Waals surface area contributed by atoms with E-state index in [9.17, 15) is 14.4 Å². The highest BCUT2D eigenvalue weighted by Crippen LogP contribution is 2.15. The average Bonchev–Trinajstić information content (AvgIpc) is 2.47. The van der Waals surface area contributed by atoms with Crippen LogP contribution < -0.4 is 16.0 Å². The Kier molecular flexibility index (Phi) is 11.2. The van der Waals surface area contributed by atoms with Crippen LogP contribution in [0.5, 0.6) is 0 Å². The number of quaternary nitrogens is 1. The van der Waals surface area contributed by atoms with E-state index in [1.807, 2.05) is 41.5 Å². The highest BCUT2D eigenvalue weighted by molar-refractivity contribution is 5.80. The van der Waals surface area contributed by atoms with Gasteiger partial charge in [0, 0.05) is 18.1 Å². The first-order chi connectivity index (χ1) is 12.4. The van der Waals surface area contributed by atoms with Crippen LogP contribution in [0.1, 0.15) is 68.2 Å². The molecule has 1 atom stereocenters. The summed E-state index contributed by atoms with van der Waals surface area (Å²) in [6.07, 6.45) is 1.00. The normalized spacial score (nSPS) is 13.8. The van der Waals surface area contributed by atoms with Crippen LogP contribution in [0.4, 0.5) is 4.79 Å². The summed E-state index contributed by atoms with van der Waals surface area (Å²) in [5.74, 6) is 0.127. The summed E-state index contributed by atoms with van der Waals surface area (Å²) in [4.78, 5) is 37.8. The summed E-state index contributed by atoms with van der Waals surface area (Å²) in [6.45, 7) is 16.4. The molecule has 7 nitrogen and oxygen atoms in total. The van der Waals surface area contributed by atoms with Gasteiger partial charge in [0.05, 0.1) is 19.5 Å². The van der Waals surface area contributed by atoms with Crippen molar-refractivity contribution in [3.8, 4) is 0 Å². The molecule has 0 bridgehead atoms. The second kappa shape index (κ2) is 12.0. The quantitative estimate of drug-likeness (QED) is 0.477. The Labute approximate surface area is 165 Å². The van der Waals surface area contributed by atoms with Gasteiger partial charge in [-0.3, -0.25) is 9.59 Å². The first-order valence-corrected chi connectivity index (χ1v) is 10.1. The molecule has 0 saturated carbocycles. The number of carbonyl (C=O) groups excluding carboxylic acids is 3. The Morgan fingerprint density at radius 2 is 1.19 bits per heavy atom.